The number of aliphatic hydroxyl groups is 1. The molecule has 1 aromatic carbocycles. The molecule has 1 N–H and O–H groups in total. The van der Waals surface area contributed by atoms with Gasteiger partial charge in [-0.25, -0.2) is 0 Å². The molecule has 1 nitrogen and oxygen atoms in total. The second kappa shape index (κ2) is 6.61. The molecule has 0 aliphatic rings. The molecule has 1 atom stereocenters. The van der Waals surface area contributed by atoms with Crippen LogP contribution in [0.15, 0.2) is 42.0 Å². The number of hydrogen-bond donors (Lipinski definition) is 1. The first-order valence-electron chi connectivity index (χ1n) is 6.60. The van der Waals surface area contributed by atoms with Gasteiger partial charge in [-0.2, -0.15) is 0 Å². The van der Waals surface area contributed by atoms with Crippen LogP contribution in [0.2, 0.25) is 0 Å². The SMILES string of the molecule is CCC/C=C(\CCC)C(C)(O)c1ccccc1. The number of unbranched alkanes of at least 4 members (excludes halogenated alkanes) is 1. The molecule has 1 aromatic rings. The van der Waals surface area contributed by atoms with Crippen molar-refractivity contribution in [3.05, 3.63) is 47.5 Å². The molecule has 0 radical (unpaired) electrons. The number of benzene rings is 1. The normalized spacial score (nSPS) is 15.6. The van der Waals surface area contributed by atoms with Crippen LogP contribution in [0.5, 0.6) is 0 Å². The summed E-state index contributed by atoms with van der Waals surface area (Å²) in [5.74, 6) is 0. The zero-order valence-electron chi connectivity index (χ0n) is 11.2. The van der Waals surface area contributed by atoms with Crippen LogP contribution in [-0.2, 0) is 5.60 Å². The third-order valence-electron chi connectivity index (χ3n) is 3.16. The summed E-state index contributed by atoms with van der Waals surface area (Å²) in [6, 6.07) is 9.93. The summed E-state index contributed by atoms with van der Waals surface area (Å²) in [4.78, 5) is 0. The van der Waals surface area contributed by atoms with Gasteiger partial charge >= 0.3 is 0 Å². The van der Waals surface area contributed by atoms with Gasteiger partial charge in [0.1, 0.15) is 5.60 Å². The van der Waals surface area contributed by atoms with Crippen molar-refractivity contribution in [3.8, 4) is 0 Å². The Bertz CT molecular complexity index is 349. The maximum Gasteiger partial charge on any atom is 0.108 e. The summed E-state index contributed by atoms with van der Waals surface area (Å²) in [6.07, 6.45) is 6.40. The van der Waals surface area contributed by atoms with E-state index in [-0.39, 0.29) is 0 Å². The summed E-state index contributed by atoms with van der Waals surface area (Å²) >= 11 is 0. The summed E-state index contributed by atoms with van der Waals surface area (Å²) < 4.78 is 0. The van der Waals surface area contributed by atoms with E-state index in [1.807, 2.05) is 37.3 Å². The van der Waals surface area contributed by atoms with Crippen LogP contribution in [0.25, 0.3) is 0 Å². The van der Waals surface area contributed by atoms with Crippen molar-refractivity contribution in [2.24, 2.45) is 0 Å². The lowest BCUT2D eigenvalue weighted by molar-refractivity contribution is 0.0929. The highest BCUT2D eigenvalue weighted by Gasteiger charge is 2.26. The van der Waals surface area contributed by atoms with Crippen molar-refractivity contribution < 1.29 is 5.11 Å². The van der Waals surface area contributed by atoms with Gasteiger partial charge in [-0.1, -0.05) is 63.1 Å². The topological polar surface area (TPSA) is 20.2 Å². The molecule has 0 aliphatic carbocycles. The summed E-state index contributed by atoms with van der Waals surface area (Å²) in [6.45, 7) is 6.22. The van der Waals surface area contributed by atoms with Crippen LogP contribution in [0, 0.1) is 0 Å². The molecule has 1 unspecified atom stereocenters. The summed E-state index contributed by atoms with van der Waals surface area (Å²) in [5, 5.41) is 10.7. The van der Waals surface area contributed by atoms with Crippen LogP contribution in [0.4, 0.5) is 0 Å². The Labute approximate surface area is 105 Å². The second-order valence-corrected chi connectivity index (χ2v) is 4.71. The Morgan fingerprint density at radius 3 is 2.35 bits per heavy atom. The molecule has 0 aliphatic heterocycles. The average Bonchev–Trinajstić information content (AvgIpc) is 2.35. The first-order chi connectivity index (χ1) is 8.12. The fourth-order valence-corrected chi connectivity index (χ4v) is 2.08. The molecule has 0 aromatic heterocycles. The van der Waals surface area contributed by atoms with Crippen LogP contribution >= 0.6 is 0 Å². The lowest BCUT2D eigenvalue weighted by Crippen LogP contribution is -2.24. The Kier molecular flexibility index (Phi) is 5.43. The van der Waals surface area contributed by atoms with E-state index in [0.717, 1.165) is 36.8 Å². The minimum absolute atomic E-state index is 0.827. The fraction of sp³-hybridized carbons (Fsp3) is 0.500. The third kappa shape index (κ3) is 3.71. The Morgan fingerprint density at radius 1 is 1.18 bits per heavy atom. The molecule has 17 heavy (non-hydrogen) atoms. The molecule has 0 spiro atoms. The van der Waals surface area contributed by atoms with Crippen molar-refractivity contribution in [2.45, 2.75) is 52.1 Å². The van der Waals surface area contributed by atoms with Gasteiger partial charge in [0.2, 0.25) is 0 Å². The Hall–Kier alpha value is -1.08. The minimum Gasteiger partial charge on any atom is -0.381 e. The monoisotopic (exact) mass is 232 g/mol. The molecule has 0 saturated carbocycles. The Balaban J connectivity index is 2.99. The predicted molar refractivity (Wildman–Crippen MR) is 73.9 cm³/mol. The van der Waals surface area contributed by atoms with Crippen LogP contribution in [0.3, 0.4) is 0 Å². The molecule has 1 rings (SSSR count). The number of hydrogen-bond acceptors (Lipinski definition) is 1. The highest BCUT2D eigenvalue weighted by molar-refractivity contribution is 5.31. The van der Waals surface area contributed by atoms with Crippen molar-refractivity contribution in [1.29, 1.82) is 0 Å². The second-order valence-electron chi connectivity index (χ2n) is 4.71. The quantitative estimate of drug-likeness (QED) is 0.720. The lowest BCUT2D eigenvalue weighted by atomic mass is 9.85. The molecule has 0 amide bonds. The molecule has 0 bridgehead atoms. The van der Waals surface area contributed by atoms with E-state index < -0.39 is 5.60 Å². The molecule has 94 valence electrons. The van der Waals surface area contributed by atoms with E-state index in [9.17, 15) is 5.11 Å². The number of rotatable bonds is 6. The van der Waals surface area contributed by atoms with Crippen LogP contribution < -0.4 is 0 Å². The van der Waals surface area contributed by atoms with Crippen molar-refractivity contribution >= 4 is 0 Å². The van der Waals surface area contributed by atoms with Gasteiger partial charge in [-0.3, -0.25) is 0 Å². The van der Waals surface area contributed by atoms with E-state index in [0.29, 0.717) is 0 Å². The van der Waals surface area contributed by atoms with Gasteiger partial charge < -0.3 is 5.11 Å². The average molecular weight is 232 g/mol. The van der Waals surface area contributed by atoms with Crippen molar-refractivity contribution in [1.82, 2.24) is 0 Å². The molecule has 0 heterocycles. The van der Waals surface area contributed by atoms with Crippen LogP contribution in [0.1, 0.15) is 52.0 Å². The first-order valence-corrected chi connectivity index (χ1v) is 6.60. The van der Waals surface area contributed by atoms with E-state index in [2.05, 4.69) is 19.9 Å². The smallest absolute Gasteiger partial charge is 0.108 e. The number of allylic oxidation sites excluding steroid dienone is 1. The molecule has 1 heteroatoms. The standard InChI is InChI=1S/C16H24O/c1-4-6-11-14(10-5-2)16(3,17)15-12-8-7-9-13-15/h7-9,11-13,17H,4-6,10H2,1-3H3/b14-11+. The van der Waals surface area contributed by atoms with Crippen molar-refractivity contribution in [2.75, 3.05) is 0 Å². The van der Waals surface area contributed by atoms with Gasteiger partial charge in [0, 0.05) is 0 Å². The first kappa shape index (κ1) is 14.0. The van der Waals surface area contributed by atoms with Crippen molar-refractivity contribution in [3.63, 3.8) is 0 Å². The van der Waals surface area contributed by atoms with E-state index in [4.69, 9.17) is 0 Å². The lowest BCUT2D eigenvalue weighted by Gasteiger charge is -2.27. The largest absolute Gasteiger partial charge is 0.381 e. The van der Waals surface area contributed by atoms with Gasteiger partial charge in [-0.15, -0.1) is 0 Å². The third-order valence-corrected chi connectivity index (χ3v) is 3.16. The molecular formula is C16H24O. The highest BCUT2D eigenvalue weighted by Crippen LogP contribution is 2.32. The van der Waals surface area contributed by atoms with Gasteiger partial charge in [0.15, 0.2) is 0 Å². The summed E-state index contributed by atoms with van der Waals surface area (Å²) in [7, 11) is 0. The highest BCUT2D eigenvalue weighted by atomic mass is 16.3. The minimum atomic E-state index is -0.827. The van der Waals surface area contributed by atoms with E-state index >= 15 is 0 Å². The van der Waals surface area contributed by atoms with Gasteiger partial charge in [-0.05, 0) is 30.9 Å². The Morgan fingerprint density at radius 2 is 1.82 bits per heavy atom. The summed E-state index contributed by atoms with van der Waals surface area (Å²) in [5.41, 5.74) is 1.30. The van der Waals surface area contributed by atoms with E-state index in [1.54, 1.807) is 0 Å². The molecule has 0 saturated heterocycles. The predicted octanol–water partition coefficient (Wildman–Crippen LogP) is 4.42. The zero-order chi connectivity index (χ0) is 12.7. The van der Waals surface area contributed by atoms with E-state index in [1.165, 1.54) is 0 Å². The molecular weight excluding hydrogens is 208 g/mol. The fourth-order valence-electron chi connectivity index (χ4n) is 2.08. The molecule has 0 fully saturated rings. The van der Waals surface area contributed by atoms with Gasteiger partial charge in [0.25, 0.3) is 0 Å². The maximum atomic E-state index is 10.7. The van der Waals surface area contributed by atoms with Crippen LogP contribution in [-0.4, -0.2) is 5.11 Å². The van der Waals surface area contributed by atoms with Gasteiger partial charge in [0.05, 0.1) is 0 Å². The zero-order valence-corrected chi connectivity index (χ0v) is 11.2. The maximum absolute atomic E-state index is 10.7.